The van der Waals surface area contributed by atoms with Crippen LogP contribution in [0.4, 0.5) is 0 Å². The minimum absolute atomic E-state index is 0.562. The molecule has 1 spiro atoms. The molecule has 2 aliphatic rings. The van der Waals surface area contributed by atoms with Gasteiger partial charge in [0.25, 0.3) is 0 Å². The van der Waals surface area contributed by atoms with Gasteiger partial charge in [-0.2, -0.15) is 0 Å². The Morgan fingerprint density at radius 1 is 1.05 bits per heavy atom. The summed E-state index contributed by atoms with van der Waals surface area (Å²) in [5, 5.41) is 3.65. The van der Waals surface area contributed by atoms with Gasteiger partial charge in [-0.15, -0.1) is 0 Å². The molecule has 110 valence electrons. The van der Waals surface area contributed by atoms with Crippen LogP contribution in [0.1, 0.15) is 56.6 Å². The molecule has 4 unspecified atom stereocenters. The van der Waals surface area contributed by atoms with Crippen molar-refractivity contribution in [1.82, 2.24) is 5.32 Å². The van der Waals surface area contributed by atoms with Crippen LogP contribution in [0.5, 0.6) is 0 Å². The van der Waals surface area contributed by atoms with Crippen molar-refractivity contribution in [2.45, 2.75) is 52.4 Å². The fourth-order valence-corrected chi connectivity index (χ4v) is 4.53. The van der Waals surface area contributed by atoms with Crippen LogP contribution in [0.15, 0.2) is 24.3 Å². The van der Waals surface area contributed by atoms with E-state index in [1.54, 1.807) is 5.56 Å². The monoisotopic (exact) mass is 271 g/mol. The Morgan fingerprint density at radius 2 is 1.80 bits per heavy atom. The zero-order valence-electron chi connectivity index (χ0n) is 13.3. The molecule has 3 rings (SSSR count). The van der Waals surface area contributed by atoms with Crippen molar-refractivity contribution in [3.8, 4) is 0 Å². The zero-order valence-corrected chi connectivity index (χ0v) is 13.3. The Hall–Kier alpha value is -0.820. The highest BCUT2D eigenvalue weighted by Gasteiger charge is 2.45. The van der Waals surface area contributed by atoms with Crippen molar-refractivity contribution in [3.63, 3.8) is 0 Å². The maximum atomic E-state index is 3.65. The van der Waals surface area contributed by atoms with E-state index in [0.29, 0.717) is 11.3 Å². The van der Waals surface area contributed by atoms with E-state index >= 15 is 0 Å². The second-order valence-electron chi connectivity index (χ2n) is 7.48. The first-order valence-corrected chi connectivity index (χ1v) is 8.38. The van der Waals surface area contributed by atoms with Crippen LogP contribution in [0, 0.1) is 24.2 Å². The van der Waals surface area contributed by atoms with E-state index in [1.807, 2.05) is 0 Å². The van der Waals surface area contributed by atoms with Crippen LogP contribution in [0.25, 0.3) is 0 Å². The summed E-state index contributed by atoms with van der Waals surface area (Å²) in [6, 6.07) is 9.31. The highest BCUT2D eigenvalue weighted by Crippen LogP contribution is 2.53. The van der Waals surface area contributed by atoms with Crippen molar-refractivity contribution in [3.05, 3.63) is 35.4 Å². The van der Waals surface area contributed by atoms with E-state index in [-0.39, 0.29) is 0 Å². The molecular weight excluding hydrogens is 242 g/mol. The first kappa shape index (κ1) is 14.1. The molecule has 4 atom stereocenters. The van der Waals surface area contributed by atoms with Gasteiger partial charge in [-0.25, -0.2) is 0 Å². The Bertz CT molecular complexity index is 449. The summed E-state index contributed by atoms with van der Waals surface area (Å²) in [6.07, 6.45) is 5.64. The predicted molar refractivity (Wildman–Crippen MR) is 86.0 cm³/mol. The zero-order chi connectivity index (χ0) is 14.2. The van der Waals surface area contributed by atoms with Crippen LogP contribution in [0.2, 0.25) is 0 Å². The van der Waals surface area contributed by atoms with Crippen molar-refractivity contribution in [1.29, 1.82) is 0 Å². The van der Waals surface area contributed by atoms with Crippen LogP contribution in [-0.2, 0) is 0 Å². The molecule has 1 N–H and O–H groups in total. The van der Waals surface area contributed by atoms with Crippen LogP contribution in [0.3, 0.4) is 0 Å². The third-order valence-corrected chi connectivity index (χ3v) is 6.16. The number of benzene rings is 1. The lowest BCUT2D eigenvalue weighted by atomic mass is 9.56. The van der Waals surface area contributed by atoms with E-state index < -0.39 is 0 Å². The second-order valence-corrected chi connectivity index (χ2v) is 7.48. The average molecular weight is 271 g/mol. The SMILES string of the molecule is Cc1ccc(C2CNCCC23CCC(C)C(C)C3)cc1. The lowest BCUT2D eigenvalue weighted by Crippen LogP contribution is -2.47. The topological polar surface area (TPSA) is 12.0 Å². The van der Waals surface area contributed by atoms with Gasteiger partial charge >= 0.3 is 0 Å². The Labute approximate surface area is 124 Å². The smallest absolute Gasteiger partial charge is 0.00255 e. The van der Waals surface area contributed by atoms with Gasteiger partial charge in [-0.3, -0.25) is 0 Å². The quantitative estimate of drug-likeness (QED) is 0.792. The van der Waals surface area contributed by atoms with Gasteiger partial charge in [0.15, 0.2) is 0 Å². The molecule has 1 saturated carbocycles. The Kier molecular flexibility index (Phi) is 3.90. The van der Waals surface area contributed by atoms with E-state index in [9.17, 15) is 0 Å². The Morgan fingerprint density at radius 3 is 2.50 bits per heavy atom. The summed E-state index contributed by atoms with van der Waals surface area (Å²) in [4.78, 5) is 0. The number of hydrogen-bond acceptors (Lipinski definition) is 1. The molecule has 1 heterocycles. The molecule has 2 fully saturated rings. The van der Waals surface area contributed by atoms with E-state index in [1.165, 1.54) is 44.3 Å². The largest absolute Gasteiger partial charge is 0.316 e. The summed E-state index contributed by atoms with van der Waals surface area (Å²) in [7, 11) is 0. The number of hydrogen-bond donors (Lipinski definition) is 1. The summed E-state index contributed by atoms with van der Waals surface area (Å²) in [5.74, 6) is 2.51. The van der Waals surface area contributed by atoms with E-state index in [2.05, 4.69) is 50.4 Å². The molecule has 1 aromatic rings. The van der Waals surface area contributed by atoms with Gasteiger partial charge in [-0.05, 0) is 62.0 Å². The van der Waals surface area contributed by atoms with Crippen LogP contribution < -0.4 is 5.32 Å². The van der Waals surface area contributed by atoms with Crippen molar-refractivity contribution in [2.24, 2.45) is 17.3 Å². The first-order valence-electron chi connectivity index (χ1n) is 8.38. The number of aryl methyl sites for hydroxylation is 1. The maximum absolute atomic E-state index is 3.65. The predicted octanol–water partition coefficient (Wildman–Crippen LogP) is 4.51. The highest BCUT2D eigenvalue weighted by atomic mass is 14.9. The third-order valence-electron chi connectivity index (χ3n) is 6.16. The number of nitrogens with one attached hydrogen (secondary N) is 1. The minimum Gasteiger partial charge on any atom is -0.316 e. The van der Waals surface area contributed by atoms with Crippen LogP contribution >= 0.6 is 0 Å². The second kappa shape index (κ2) is 5.52. The van der Waals surface area contributed by atoms with E-state index in [0.717, 1.165) is 11.8 Å². The van der Waals surface area contributed by atoms with Gasteiger partial charge in [0.1, 0.15) is 0 Å². The van der Waals surface area contributed by atoms with Gasteiger partial charge in [-0.1, -0.05) is 43.7 Å². The number of rotatable bonds is 1. The molecule has 1 aliphatic heterocycles. The van der Waals surface area contributed by atoms with Gasteiger partial charge in [0, 0.05) is 12.5 Å². The van der Waals surface area contributed by atoms with Gasteiger partial charge < -0.3 is 5.32 Å². The summed E-state index contributed by atoms with van der Waals surface area (Å²) in [6.45, 7) is 9.48. The standard InChI is InChI=1S/C19H29N/c1-14-4-6-17(7-5-14)18-13-20-11-10-19(18)9-8-15(2)16(3)12-19/h4-7,15-16,18,20H,8-13H2,1-3H3. The Balaban J connectivity index is 1.89. The van der Waals surface area contributed by atoms with Crippen LogP contribution in [-0.4, -0.2) is 13.1 Å². The summed E-state index contributed by atoms with van der Waals surface area (Å²) < 4.78 is 0. The van der Waals surface area contributed by atoms with E-state index in [4.69, 9.17) is 0 Å². The fourth-order valence-electron chi connectivity index (χ4n) is 4.53. The summed E-state index contributed by atoms with van der Waals surface area (Å²) in [5.41, 5.74) is 3.49. The minimum atomic E-state index is 0.562. The van der Waals surface area contributed by atoms with Crippen molar-refractivity contribution in [2.75, 3.05) is 13.1 Å². The summed E-state index contributed by atoms with van der Waals surface area (Å²) >= 11 is 0. The third kappa shape index (κ3) is 2.53. The van der Waals surface area contributed by atoms with Crippen molar-refractivity contribution >= 4 is 0 Å². The average Bonchev–Trinajstić information content (AvgIpc) is 2.45. The highest BCUT2D eigenvalue weighted by molar-refractivity contribution is 5.27. The normalized spacial score (nSPS) is 38.0. The van der Waals surface area contributed by atoms with Crippen molar-refractivity contribution < 1.29 is 0 Å². The molecule has 1 aliphatic carbocycles. The molecule has 1 heteroatoms. The molecule has 20 heavy (non-hydrogen) atoms. The van der Waals surface area contributed by atoms with Gasteiger partial charge in [0.05, 0.1) is 0 Å². The molecule has 0 radical (unpaired) electrons. The number of piperidine rings is 1. The molecule has 0 aromatic heterocycles. The lowest BCUT2D eigenvalue weighted by molar-refractivity contribution is 0.0488. The lowest BCUT2D eigenvalue weighted by Gasteiger charge is -2.51. The fraction of sp³-hybridized carbons (Fsp3) is 0.684. The first-order chi connectivity index (χ1) is 9.61. The molecule has 0 amide bonds. The molecule has 1 aromatic carbocycles. The maximum Gasteiger partial charge on any atom is 0.00255 e. The molecule has 0 bridgehead atoms. The molecular formula is C19H29N. The molecule has 1 saturated heterocycles. The van der Waals surface area contributed by atoms with Gasteiger partial charge in [0.2, 0.25) is 0 Å². The molecule has 1 nitrogen and oxygen atoms in total.